The zero-order chi connectivity index (χ0) is 28.6. The van der Waals surface area contributed by atoms with Crippen molar-refractivity contribution in [3.8, 4) is 5.75 Å². The van der Waals surface area contributed by atoms with Crippen LogP contribution in [0.15, 0.2) is 48.5 Å². The highest BCUT2D eigenvalue weighted by molar-refractivity contribution is 5.75. The predicted octanol–water partition coefficient (Wildman–Crippen LogP) is 4.70. The summed E-state index contributed by atoms with van der Waals surface area (Å²) in [7, 11) is 7.13. The summed E-state index contributed by atoms with van der Waals surface area (Å²) in [5.41, 5.74) is 2.18. The van der Waals surface area contributed by atoms with Gasteiger partial charge in [-0.2, -0.15) is 0 Å². The summed E-state index contributed by atoms with van der Waals surface area (Å²) in [5, 5.41) is 9.43. The molecule has 2 aromatic rings. The SMILES string of the molecule is COC(=O)C1C(c2ccc(O)cc2)CC2CCC1N2C.COC(=O)C1C(c2ccc([18F])cc2)CC2CCC1N2C. The highest BCUT2D eigenvalue weighted by Crippen LogP contribution is 2.48. The van der Waals surface area contributed by atoms with E-state index in [4.69, 9.17) is 9.47 Å². The van der Waals surface area contributed by atoms with Crippen LogP contribution in [-0.4, -0.2) is 79.3 Å². The fourth-order valence-electron chi connectivity index (χ4n) is 7.97. The standard InChI is InChI=1S/C16H20FNO2.C16H21NO3/c1-18-12-7-8-14(18)15(16(19)20-2)13(9-12)10-3-5-11(17)6-4-10;1-17-11-5-8-14(17)15(16(19)20-2)13(9-11)10-3-6-12(18)7-4-10/h3-6,12-15H,7-9H2,1-2H3;3-4,6-7,11,13-15,18H,5,8-9H2,1-2H3/i17-1;. The van der Waals surface area contributed by atoms with Crippen molar-refractivity contribution >= 4 is 11.9 Å². The van der Waals surface area contributed by atoms with E-state index in [0.29, 0.717) is 12.1 Å². The van der Waals surface area contributed by atoms with E-state index in [1.165, 1.54) is 26.4 Å². The third-order valence-electron chi connectivity index (χ3n) is 10.1. The van der Waals surface area contributed by atoms with Crippen molar-refractivity contribution in [2.75, 3.05) is 28.3 Å². The molecule has 4 heterocycles. The van der Waals surface area contributed by atoms with Gasteiger partial charge in [0.05, 0.1) is 26.1 Å². The number of phenols is 1. The van der Waals surface area contributed by atoms with E-state index in [-0.39, 0.29) is 59.3 Å². The highest BCUT2D eigenvalue weighted by Gasteiger charge is 2.50. The Kier molecular flexibility index (Phi) is 8.47. The van der Waals surface area contributed by atoms with Gasteiger partial charge >= 0.3 is 11.9 Å². The molecule has 0 aromatic heterocycles. The van der Waals surface area contributed by atoms with Gasteiger partial charge in [0.1, 0.15) is 11.6 Å². The number of esters is 2. The summed E-state index contributed by atoms with van der Waals surface area (Å²) in [4.78, 5) is 29.1. The fourth-order valence-corrected chi connectivity index (χ4v) is 7.97. The number of rotatable bonds is 4. The predicted molar refractivity (Wildman–Crippen MR) is 149 cm³/mol. The van der Waals surface area contributed by atoms with Crippen LogP contribution >= 0.6 is 0 Å². The van der Waals surface area contributed by atoms with Gasteiger partial charge < -0.3 is 14.6 Å². The topological polar surface area (TPSA) is 79.3 Å². The van der Waals surface area contributed by atoms with E-state index in [2.05, 4.69) is 23.9 Å². The number of hydrogen-bond acceptors (Lipinski definition) is 7. The van der Waals surface area contributed by atoms with E-state index in [0.717, 1.165) is 49.7 Å². The Bertz CT molecular complexity index is 1100. The summed E-state index contributed by atoms with van der Waals surface area (Å²) >= 11 is 0. The molecule has 1 N–H and O–H groups in total. The van der Waals surface area contributed by atoms with Crippen LogP contribution < -0.4 is 0 Å². The lowest BCUT2D eigenvalue weighted by atomic mass is 9.76. The van der Waals surface area contributed by atoms with Crippen molar-refractivity contribution in [3.05, 3.63) is 65.5 Å². The van der Waals surface area contributed by atoms with Crippen LogP contribution in [0.2, 0.25) is 0 Å². The fraction of sp³-hybridized carbons (Fsp3) is 0.562. The number of methoxy groups -OCH3 is 2. The quantitative estimate of drug-likeness (QED) is 0.552. The zero-order valence-electron chi connectivity index (χ0n) is 23.8. The van der Waals surface area contributed by atoms with Crippen molar-refractivity contribution in [1.29, 1.82) is 0 Å². The number of nitrogens with zero attached hydrogens (tertiary/aromatic N) is 2. The van der Waals surface area contributed by atoms with E-state index < -0.39 is 0 Å². The molecule has 0 aliphatic carbocycles. The second-order valence-electron chi connectivity index (χ2n) is 11.9. The molecule has 40 heavy (non-hydrogen) atoms. The molecule has 0 saturated carbocycles. The molecule has 0 spiro atoms. The van der Waals surface area contributed by atoms with Crippen LogP contribution in [0.5, 0.6) is 5.75 Å². The number of carbonyl (C=O) groups excluding carboxylic acids is 2. The molecule has 2 aromatic carbocycles. The van der Waals surface area contributed by atoms with Crippen molar-refractivity contribution in [3.63, 3.8) is 0 Å². The first-order chi connectivity index (χ1) is 19.2. The Labute approximate surface area is 236 Å². The lowest BCUT2D eigenvalue weighted by Gasteiger charge is -2.41. The number of aromatic hydroxyl groups is 1. The van der Waals surface area contributed by atoms with Gasteiger partial charge in [-0.1, -0.05) is 24.3 Å². The molecule has 4 saturated heterocycles. The maximum absolute atomic E-state index is 13.1. The van der Waals surface area contributed by atoms with Gasteiger partial charge in [-0.25, -0.2) is 4.39 Å². The highest BCUT2D eigenvalue weighted by atomic mass is 18.2. The first-order valence-corrected chi connectivity index (χ1v) is 14.4. The average Bonchev–Trinajstić information content (AvgIpc) is 3.33. The van der Waals surface area contributed by atoms with Crippen LogP contribution in [0.25, 0.3) is 0 Å². The van der Waals surface area contributed by atoms with Crippen molar-refractivity contribution < 1.29 is 28.6 Å². The second-order valence-corrected chi connectivity index (χ2v) is 11.9. The molecular weight excluding hydrogens is 510 g/mol. The van der Waals surface area contributed by atoms with Crippen LogP contribution in [0.3, 0.4) is 0 Å². The minimum atomic E-state index is -0.237. The number of phenolic OH excluding ortho intramolecular Hbond substituents is 1. The van der Waals surface area contributed by atoms with E-state index in [9.17, 15) is 19.1 Å². The van der Waals surface area contributed by atoms with Gasteiger partial charge in [0.25, 0.3) is 0 Å². The normalized spacial score (nSPS) is 33.1. The Morgan fingerprint density at radius 1 is 0.725 bits per heavy atom. The lowest BCUT2D eigenvalue weighted by molar-refractivity contribution is -0.151. The monoisotopic (exact) mass is 551 g/mol. The molecule has 0 amide bonds. The Morgan fingerprint density at radius 3 is 1.52 bits per heavy atom. The third kappa shape index (κ3) is 5.36. The van der Waals surface area contributed by atoms with E-state index >= 15 is 0 Å². The molecule has 8 atom stereocenters. The Hall–Kier alpha value is -2.97. The van der Waals surface area contributed by atoms with Crippen molar-refractivity contribution in [1.82, 2.24) is 9.80 Å². The lowest BCUT2D eigenvalue weighted by Crippen LogP contribution is -2.49. The molecule has 7 nitrogen and oxygen atoms in total. The summed E-state index contributed by atoms with van der Waals surface area (Å²) in [5.74, 6) is -0.147. The third-order valence-corrected chi connectivity index (χ3v) is 10.1. The summed E-state index contributed by atoms with van der Waals surface area (Å²) in [6, 6.07) is 15.4. The number of fused-ring (bicyclic) bond motifs is 4. The first kappa shape index (κ1) is 28.6. The molecule has 8 heteroatoms. The van der Waals surface area contributed by atoms with Crippen LogP contribution in [0, 0.1) is 17.7 Å². The maximum Gasteiger partial charge on any atom is 0.310 e. The van der Waals surface area contributed by atoms with Gasteiger partial charge in [0, 0.05) is 36.0 Å². The van der Waals surface area contributed by atoms with Gasteiger partial charge in [-0.3, -0.25) is 19.4 Å². The molecule has 4 bridgehead atoms. The summed E-state index contributed by atoms with van der Waals surface area (Å²) in [6.45, 7) is 0. The van der Waals surface area contributed by atoms with Crippen LogP contribution in [0.4, 0.5) is 4.39 Å². The van der Waals surface area contributed by atoms with Crippen molar-refractivity contribution in [2.45, 2.75) is 74.5 Å². The molecule has 4 aliphatic heterocycles. The number of carbonyl (C=O) groups is 2. The molecule has 6 rings (SSSR count). The molecule has 8 unspecified atom stereocenters. The zero-order valence-corrected chi connectivity index (χ0v) is 23.8. The van der Waals surface area contributed by atoms with Crippen LogP contribution in [0.1, 0.15) is 61.5 Å². The van der Waals surface area contributed by atoms with Gasteiger partial charge in [-0.05, 0) is 88.0 Å². The average molecular weight is 552 g/mol. The molecular formula is C32H41FN2O5. The van der Waals surface area contributed by atoms with Gasteiger partial charge in [0.15, 0.2) is 0 Å². The molecule has 4 fully saturated rings. The first-order valence-electron chi connectivity index (χ1n) is 14.4. The number of hydrogen-bond donors (Lipinski definition) is 1. The van der Waals surface area contributed by atoms with E-state index in [1.54, 1.807) is 24.3 Å². The Morgan fingerprint density at radius 2 is 1.12 bits per heavy atom. The minimum absolute atomic E-state index is 0.103. The largest absolute Gasteiger partial charge is 0.508 e. The number of ether oxygens (including phenoxy) is 2. The number of piperidine rings is 2. The summed E-state index contributed by atoms with van der Waals surface area (Å²) < 4.78 is 23.2. The molecule has 216 valence electrons. The van der Waals surface area contributed by atoms with Gasteiger partial charge in [-0.15, -0.1) is 0 Å². The van der Waals surface area contributed by atoms with Crippen LogP contribution in [-0.2, 0) is 19.1 Å². The Balaban J connectivity index is 0.000000161. The maximum atomic E-state index is 13.1. The minimum Gasteiger partial charge on any atom is -0.508 e. The summed E-state index contributed by atoms with van der Waals surface area (Å²) in [6.07, 6.45) is 6.32. The molecule has 4 aliphatic rings. The van der Waals surface area contributed by atoms with Crippen molar-refractivity contribution in [2.24, 2.45) is 11.8 Å². The van der Waals surface area contributed by atoms with E-state index in [1.807, 2.05) is 12.1 Å². The smallest absolute Gasteiger partial charge is 0.310 e. The number of benzene rings is 2. The second kappa shape index (κ2) is 11.9. The number of halogens is 1. The molecule has 0 radical (unpaired) electrons. The van der Waals surface area contributed by atoms with Gasteiger partial charge in [0.2, 0.25) is 0 Å².